The third kappa shape index (κ3) is 3.42. The van der Waals surface area contributed by atoms with Crippen molar-refractivity contribution in [1.29, 1.82) is 0 Å². The fraction of sp³-hybridized carbons (Fsp3) is 0.0556. The number of thiocarbonyl (C=S) groups is 1. The summed E-state index contributed by atoms with van der Waals surface area (Å²) < 4.78 is 5.65. The van der Waals surface area contributed by atoms with Crippen molar-refractivity contribution in [1.82, 2.24) is 0 Å². The lowest BCUT2D eigenvalue weighted by atomic mass is 10.1. The first kappa shape index (κ1) is 17.2. The molecule has 0 saturated carbocycles. The molecule has 0 bridgehead atoms. The van der Waals surface area contributed by atoms with E-state index in [2.05, 4.69) is 0 Å². The number of methoxy groups -OCH3 is 1. The number of rotatable bonds is 4. The van der Waals surface area contributed by atoms with Gasteiger partial charge in [0.05, 0.1) is 23.3 Å². The highest BCUT2D eigenvalue weighted by Gasteiger charge is 2.33. The molecule has 25 heavy (non-hydrogen) atoms. The van der Waals surface area contributed by atoms with Crippen LogP contribution in [0.2, 0.25) is 0 Å². The van der Waals surface area contributed by atoms with Crippen LogP contribution in [0.25, 0.3) is 6.08 Å². The normalized spacial score (nSPS) is 15.7. The van der Waals surface area contributed by atoms with Crippen LogP contribution in [0, 0.1) is 0 Å². The molecule has 5 nitrogen and oxygen atoms in total. The molecule has 1 fully saturated rings. The van der Waals surface area contributed by atoms with E-state index in [9.17, 15) is 9.59 Å². The van der Waals surface area contributed by atoms with E-state index in [0.717, 1.165) is 5.56 Å². The molecule has 0 aromatic heterocycles. The smallest absolute Gasteiger partial charge is 0.335 e. The molecule has 0 spiro atoms. The van der Waals surface area contributed by atoms with Gasteiger partial charge in [-0.3, -0.25) is 9.69 Å². The number of para-hydroxylation sites is 1. The molecule has 1 amide bonds. The van der Waals surface area contributed by atoms with E-state index in [-0.39, 0.29) is 11.5 Å². The van der Waals surface area contributed by atoms with E-state index >= 15 is 0 Å². The summed E-state index contributed by atoms with van der Waals surface area (Å²) in [5.74, 6) is -0.694. The maximum Gasteiger partial charge on any atom is 0.335 e. The van der Waals surface area contributed by atoms with Gasteiger partial charge in [-0.1, -0.05) is 48.2 Å². The predicted molar refractivity (Wildman–Crippen MR) is 102 cm³/mol. The zero-order chi connectivity index (χ0) is 18.0. The van der Waals surface area contributed by atoms with Gasteiger partial charge in [-0.05, 0) is 30.3 Å². The average molecular weight is 371 g/mol. The molecule has 126 valence electrons. The van der Waals surface area contributed by atoms with Crippen LogP contribution >= 0.6 is 24.0 Å². The zero-order valence-electron chi connectivity index (χ0n) is 13.1. The van der Waals surface area contributed by atoms with Gasteiger partial charge in [-0.15, -0.1) is 0 Å². The Kier molecular flexibility index (Phi) is 4.87. The Labute approximate surface area is 153 Å². The first-order valence-electron chi connectivity index (χ1n) is 7.25. The number of amides is 1. The van der Waals surface area contributed by atoms with Crippen LogP contribution in [0.15, 0.2) is 53.4 Å². The first-order valence-corrected chi connectivity index (χ1v) is 8.48. The lowest BCUT2D eigenvalue weighted by Crippen LogP contribution is -2.27. The molecule has 2 aromatic carbocycles. The van der Waals surface area contributed by atoms with E-state index in [1.54, 1.807) is 25.3 Å². The molecule has 0 radical (unpaired) electrons. The summed E-state index contributed by atoms with van der Waals surface area (Å²) in [6.45, 7) is 0. The second-order valence-electron chi connectivity index (χ2n) is 5.11. The molecule has 0 atom stereocenters. The summed E-state index contributed by atoms with van der Waals surface area (Å²) in [7, 11) is 1.56. The van der Waals surface area contributed by atoms with Crippen LogP contribution < -0.4 is 9.64 Å². The van der Waals surface area contributed by atoms with E-state index in [1.165, 1.54) is 28.8 Å². The third-order valence-corrected chi connectivity index (χ3v) is 4.87. The minimum Gasteiger partial charge on any atom is -0.496 e. The molecule has 2 aromatic rings. The first-order chi connectivity index (χ1) is 12.0. The molecule has 0 unspecified atom stereocenters. The van der Waals surface area contributed by atoms with Crippen molar-refractivity contribution in [3.05, 3.63) is 64.6 Å². The highest BCUT2D eigenvalue weighted by atomic mass is 32.2. The third-order valence-electron chi connectivity index (χ3n) is 3.57. The summed E-state index contributed by atoms with van der Waals surface area (Å²) in [5.41, 5.74) is 1.30. The molecule has 1 aliphatic heterocycles. The largest absolute Gasteiger partial charge is 0.496 e. The Morgan fingerprint density at radius 3 is 2.72 bits per heavy atom. The Bertz CT molecular complexity index is 907. The number of carboxylic acid groups (broad SMARTS) is 1. The lowest BCUT2D eigenvalue weighted by Gasteiger charge is -2.14. The Morgan fingerprint density at radius 2 is 2.00 bits per heavy atom. The summed E-state index contributed by atoms with van der Waals surface area (Å²) in [6, 6.07) is 13.5. The van der Waals surface area contributed by atoms with Gasteiger partial charge in [0, 0.05) is 5.56 Å². The van der Waals surface area contributed by atoms with Gasteiger partial charge >= 0.3 is 5.97 Å². The highest BCUT2D eigenvalue weighted by Crippen LogP contribution is 2.37. The summed E-state index contributed by atoms with van der Waals surface area (Å²) in [5, 5.41) is 9.12. The molecule has 7 heteroatoms. The average Bonchev–Trinajstić information content (AvgIpc) is 2.89. The quantitative estimate of drug-likeness (QED) is 0.651. The number of carbonyl (C=O) groups is 2. The molecular formula is C18H13NO4S2. The van der Waals surface area contributed by atoms with Crippen molar-refractivity contribution in [2.75, 3.05) is 12.0 Å². The van der Waals surface area contributed by atoms with E-state index < -0.39 is 5.97 Å². The Morgan fingerprint density at radius 1 is 1.24 bits per heavy atom. The van der Waals surface area contributed by atoms with Gasteiger partial charge in [0.25, 0.3) is 5.91 Å². The fourth-order valence-corrected chi connectivity index (χ4v) is 3.69. The summed E-state index contributed by atoms with van der Waals surface area (Å²) >= 11 is 6.48. The van der Waals surface area contributed by atoms with E-state index in [1.807, 2.05) is 24.3 Å². The number of anilines is 1. The molecule has 1 heterocycles. The Balaban J connectivity index is 1.97. The number of thioether (sulfide) groups is 1. The molecular weight excluding hydrogens is 358 g/mol. The SMILES string of the molecule is COc1ccccc1/C=C1/SC(=S)N(c2cccc(C(=O)O)c2)C1=O. The number of ether oxygens (including phenoxy) is 1. The van der Waals surface area contributed by atoms with E-state index in [0.29, 0.717) is 20.7 Å². The van der Waals surface area contributed by atoms with E-state index in [4.69, 9.17) is 22.1 Å². The van der Waals surface area contributed by atoms with Gasteiger partial charge in [0.15, 0.2) is 4.32 Å². The topological polar surface area (TPSA) is 66.8 Å². The molecule has 1 saturated heterocycles. The van der Waals surface area contributed by atoms with Crippen molar-refractivity contribution in [2.45, 2.75) is 0 Å². The molecule has 0 aliphatic carbocycles. The van der Waals surface area contributed by atoms with Gasteiger partial charge in [0.2, 0.25) is 0 Å². The van der Waals surface area contributed by atoms with Gasteiger partial charge in [-0.2, -0.15) is 0 Å². The second kappa shape index (κ2) is 7.08. The van der Waals surface area contributed by atoms with Crippen molar-refractivity contribution < 1.29 is 19.4 Å². The minimum atomic E-state index is -1.06. The van der Waals surface area contributed by atoms with Crippen molar-refractivity contribution in [3.8, 4) is 5.75 Å². The number of nitrogens with zero attached hydrogens (tertiary/aromatic N) is 1. The molecule has 1 N–H and O–H groups in total. The number of hydrogen-bond acceptors (Lipinski definition) is 5. The van der Waals surface area contributed by atoms with Crippen molar-refractivity contribution in [2.24, 2.45) is 0 Å². The monoisotopic (exact) mass is 371 g/mol. The van der Waals surface area contributed by atoms with Gasteiger partial charge < -0.3 is 9.84 Å². The van der Waals surface area contributed by atoms with Crippen LogP contribution in [0.5, 0.6) is 5.75 Å². The summed E-state index contributed by atoms with van der Waals surface area (Å²) in [6.07, 6.45) is 1.72. The minimum absolute atomic E-state index is 0.0975. The maximum atomic E-state index is 12.8. The van der Waals surface area contributed by atoms with Gasteiger partial charge in [0.1, 0.15) is 5.75 Å². The fourth-order valence-electron chi connectivity index (χ4n) is 2.40. The van der Waals surface area contributed by atoms with Gasteiger partial charge in [-0.25, -0.2) is 4.79 Å². The number of carbonyl (C=O) groups excluding carboxylic acids is 1. The number of aromatic carboxylic acids is 1. The number of hydrogen-bond donors (Lipinski definition) is 1. The van der Waals surface area contributed by atoms with Crippen LogP contribution in [0.3, 0.4) is 0 Å². The zero-order valence-corrected chi connectivity index (χ0v) is 14.8. The van der Waals surface area contributed by atoms with Crippen LogP contribution in [0.1, 0.15) is 15.9 Å². The second-order valence-corrected chi connectivity index (χ2v) is 6.79. The predicted octanol–water partition coefficient (Wildman–Crippen LogP) is 3.80. The molecule has 1 aliphatic rings. The van der Waals surface area contributed by atoms with Crippen molar-refractivity contribution >= 4 is 51.9 Å². The van der Waals surface area contributed by atoms with Crippen LogP contribution in [-0.4, -0.2) is 28.4 Å². The highest BCUT2D eigenvalue weighted by molar-refractivity contribution is 8.27. The van der Waals surface area contributed by atoms with Crippen molar-refractivity contribution in [3.63, 3.8) is 0 Å². The number of benzene rings is 2. The lowest BCUT2D eigenvalue weighted by molar-refractivity contribution is -0.113. The Hall–Kier alpha value is -2.64. The number of carboxylic acids is 1. The van der Waals surface area contributed by atoms with Crippen LogP contribution in [-0.2, 0) is 4.79 Å². The van der Waals surface area contributed by atoms with Crippen LogP contribution in [0.4, 0.5) is 5.69 Å². The standard InChI is InChI=1S/C18H13NO4S2/c1-23-14-8-3-2-5-11(14)10-15-16(20)19(18(24)25-15)13-7-4-6-12(9-13)17(21)22/h2-10H,1H3,(H,21,22)/b15-10+. The summed E-state index contributed by atoms with van der Waals surface area (Å²) in [4.78, 5) is 25.7. The maximum absolute atomic E-state index is 12.8. The molecule has 3 rings (SSSR count).